The van der Waals surface area contributed by atoms with Gasteiger partial charge in [-0.1, -0.05) is 13.8 Å². The standard InChI is InChI=1S/C11H18N4O3/c1-8(2)3-4-12-11(18)14-9-5-13-15(6-9)7-10(16)17/h5-6,8H,3-4,7H2,1-2H3,(H,16,17)(H2,12,14,18). The fraction of sp³-hybridized carbons (Fsp3) is 0.545. The molecule has 0 radical (unpaired) electrons. The summed E-state index contributed by atoms with van der Waals surface area (Å²) in [4.78, 5) is 21.9. The molecule has 100 valence electrons. The number of rotatable bonds is 6. The van der Waals surface area contributed by atoms with E-state index < -0.39 is 5.97 Å². The highest BCUT2D eigenvalue weighted by molar-refractivity contribution is 5.88. The van der Waals surface area contributed by atoms with Gasteiger partial charge in [-0.2, -0.15) is 5.10 Å². The monoisotopic (exact) mass is 254 g/mol. The molecule has 1 heterocycles. The summed E-state index contributed by atoms with van der Waals surface area (Å²) in [5, 5.41) is 17.7. The minimum Gasteiger partial charge on any atom is -0.480 e. The Hall–Kier alpha value is -2.05. The quantitative estimate of drug-likeness (QED) is 0.709. The van der Waals surface area contributed by atoms with E-state index in [1.807, 2.05) is 0 Å². The molecule has 0 bridgehead atoms. The van der Waals surface area contributed by atoms with Crippen molar-refractivity contribution in [3.8, 4) is 0 Å². The van der Waals surface area contributed by atoms with E-state index in [0.717, 1.165) is 6.42 Å². The van der Waals surface area contributed by atoms with Gasteiger partial charge in [-0.05, 0) is 12.3 Å². The third kappa shape index (κ3) is 5.33. The van der Waals surface area contributed by atoms with Crippen molar-refractivity contribution in [2.75, 3.05) is 11.9 Å². The van der Waals surface area contributed by atoms with Gasteiger partial charge in [0.2, 0.25) is 0 Å². The van der Waals surface area contributed by atoms with Gasteiger partial charge in [0.25, 0.3) is 0 Å². The van der Waals surface area contributed by atoms with Crippen LogP contribution in [0.1, 0.15) is 20.3 Å². The van der Waals surface area contributed by atoms with Crippen LogP contribution in [0.2, 0.25) is 0 Å². The number of carboxylic acids is 1. The molecular weight excluding hydrogens is 236 g/mol. The smallest absolute Gasteiger partial charge is 0.325 e. The molecular formula is C11H18N4O3. The molecule has 0 aromatic carbocycles. The Bertz CT molecular complexity index is 414. The van der Waals surface area contributed by atoms with Crippen LogP contribution < -0.4 is 10.6 Å². The largest absolute Gasteiger partial charge is 0.480 e. The van der Waals surface area contributed by atoms with E-state index in [4.69, 9.17) is 5.11 Å². The summed E-state index contributed by atoms with van der Waals surface area (Å²) >= 11 is 0. The average Bonchev–Trinajstić information content (AvgIpc) is 2.63. The molecule has 0 aliphatic carbocycles. The van der Waals surface area contributed by atoms with Gasteiger partial charge in [0.05, 0.1) is 11.9 Å². The summed E-state index contributed by atoms with van der Waals surface area (Å²) in [5.74, 6) is -0.449. The van der Waals surface area contributed by atoms with E-state index in [9.17, 15) is 9.59 Å². The number of anilines is 1. The Morgan fingerprint density at radius 3 is 2.83 bits per heavy atom. The predicted molar refractivity (Wildman–Crippen MR) is 66.3 cm³/mol. The number of hydrogen-bond donors (Lipinski definition) is 3. The normalized spacial score (nSPS) is 10.4. The number of carbonyl (C=O) groups excluding carboxylic acids is 1. The minimum absolute atomic E-state index is 0.226. The van der Waals surface area contributed by atoms with Gasteiger partial charge in [0.1, 0.15) is 6.54 Å². The number of nitrogens with zero attached hydrogens (tertiary/aromatic N) is 2. The second-order valence-electron chi connectivity index (χ2n) is 4.38. The van der Waals surface area contributed by atoms with E-state index in [1.165, 1.54) is 17.1 Å². The van der Waals surface area contributed by atoms with Crippen molar-refractivity contribution in [3.63, 3.8) is 0 Å². The van der Waals surface area contributed by atoms with Crippen molar-refractivity contribution in [2.24, 2.45) is 5.92 Å². The van der Waals surface area contributed by atoms with Crippen molar-refractivity contribution >= 4 is 17.7 Å². The maximum absolute atomic E-state index is 11.4. The lowest BCUT2D eigenvalue weighted by Crippen LogP contribution is -2.29. The Kier molecular flexibility index (Phi) is 5.16. The SMILES string of the molecule is CC(C)CCNC(=O)Nc1cnn(CC(=O)O)c1. The van der Waals surface area contributed by atoms with Gasteiger partial charge < -0.3 is 15.7 Å². The summed E-state index contributed by atoms with van der Waals surface area (Å²) < 4.78 is 1.24. The molecule has 3 N–H and O–H groups in total. The van der Waals surface area contributed by atoms with Crippen LogP contribution in [0.3, 0.4) is 0 Å². The first kappa shape index (κ1) is 14.0. The van der Waals surface area contributed by atoms with Crippen molar-refractivity contribution in [1.82, 2.24) is 15.1 Å². The van der Waals surface area contributed by atoms with Gasteiger partial charge >= 0.3 is 12.0 Å². The minimum atomic E-state index is -0.981. The molecule has 0 saturated carbocycles. The predicted octanol–water partition coefficient (Wildman–Crippen LogP) is 1.14. The zero-order valence-electron chi connectivity index (χ0n) is 10.5. The molecule has 0 spiro atoms. The fourth-order valence-electron chi connectivity index (χ4n) is 1.30. The number of nitrogens with one attached hydrogen (secondary N) is 2. The Balaban J connectivity index is 2.35. The number of urea groups is 1. The molecule has 7 nitrogen and oxygen atoms in total. The molecule has 1 rings (SSSR count). The van der Waals surface area contributed by atoms with E-state index in [1.54, 1.807) is 0 Å². The molecule has 0 atom stereocenters. The van der Waals surface area contributed by atoms with Crippen molar-refractivity contribution < 1.29 is 14.7 Å². The summed E-state index contributed by atoms with van der Waals surface area (Å²) in [6.45, 7) is 4.54. The molecule has 18 heavy (non-hydrogen) atoms. The maximum atomic E-state index is 11.4. The van der Waals surface area contributed by atoms with E-state index in [0.29, 0.717) is 18.2 Å². The first-order valence-electron chi connectivity index (χ1n) is 5.76. The van der Waals surface area contributed by atoms with Crippen LogP contribution in [0.15, 0.2) is 12.4 Å². The van der Waals surface area contributed by atoms with Crippen molar-refractivity contribution in [1.29, 1.82) is 0 Å². The lowest BCUT2D eigenvalue weighted by atomic mass is 10.1. The van der Waals surface area contributed by atoms with Gasteiger partial charge in [-0.25, -0.2) is 4.79 Å². The van der Waals surface area contributed by atoms with Crippen molar-refractivity contribution in [2.45, 2.75) is 26.8 Å². The molecule has 0 saturated heterocycles. The number of aliphatic carboxylic acids is 1. The van der Waals surface area contributed by atoms with Gasteiger partial charge in [-0.3, -0.25) is 9.48 Å². The first-order valence-corrected chi connectivity index (χ1v) is 5.76. The van der Waals surface area contributed by atoms with Crippen LogP contribution in [0.4, 0.5) is 10.5 Å². The van der Waals surface area contributed by atoms with E-state index in [2.05, 4.69) is 29.6 Å². The summed E-state index contributed by atoms with van der Waals surface area (Å²) in [5.41, 5.74) is 0.471. The van der Waals surface area contributed by atoms with Crippen LogP contribution >= 0.6 is 0 Å². The lowest BCUT2D eigenvalue weighted by Gasteiger charge is -2.07. The van der Waals surface area contributed by atoms with Gasteiger partial charge in [0.15, 0.2) is 0 Å². The molecule has 7 heteroatoms. The molecule has 0 aliphatic heterocycles. The number of amides is 2. The summed E-state index contributed by atoms with van der Waals surface area (Å²) in [7, 11) is 0. The maximum Gasteiger partial charge on any atom is 0.325 e. The fourth-order valence-corrected chi connectivity index (χ4v) is 1.30. The van der Waals surface area contributed by atoms with Crippen LogP contribution in [-0.2, 0) is 11.3 Å². The zero-order chi connectivity index (χ0) is 13.5. The molecule has 0 unspecified atom stereocenters. The van der Waals surface area contributed by atoms with Crippen LogP contribution in [0, 0.1) is 5.92 Å². The average molecular weight is 254 g/mol. The van der Waals surface area contributed by atoms with Crippen molar-refractivity contribution in [3.05, 3.63) is 12.4 Å². The first-order chi connectivity index (χ1) is 8.47. The molecule has 2 amide bonds. The van der Waals surface area contributed by atoms with Crippen LogP contribution in [0.5, 0.6) is 0 Å². The van der Waals surface area contributed by atoms with E-state index >= 15 is 0 Å². The van der Waals surface area contributed by atoms with Crippen LogP contribution in [0.25, 0.3) is 0 Å². The number of aromatic nitrogens is 2. The molecule has 1 aromatic rings. The topological polar surface area (TPSA) is 96.3 Å². The van der Waals surface area contributed by atoms with Gasteiger partial charge in [0, 0.05) is 12.7 Å². The Morgan fingerprint density at radius 1 is 1.50 bits per heavy atom. The molecule has 0 aliphatic rings. The highest BCUT2D eigenvalue weighted by Crippen LogP contribution is 2.04. The highest BCUT2D eigenvalue weighted by Gasteiger charge is 2.05. The second kappa shape index (κ2) is 6.63. The molecule has 0 fully saturated rings. The third-order valence-electron chi connectivity index (χ3n) is 2.20. The Labute approximate surface area is 105 Å². The zero-order valence-corrected chi connectivity index (χ0v) is 10.5. The number of carboxylic acid groups (broad SMARTS) is 1. The number of hydrogen-bond acceptors (Lipinski definition) is 3. The number of carbonyl (C=O) groups is 2. The third-order valence-corrected chi connectivity index (χ3v) is 2.20. The second-order valence-corrected chi connectivity index (χ2v) is 4.38. The lowest BCUT2D eigenvalue weighted by molar-refractivity contribution is -0.137. The highest BCUT2D eigenvalue weighted by atomic mass is 16.4. The van der Waals surface area contributed by atoms with E-state index in [-0.39, 0.29) is 12.6 Å². The summed E-state index contributed by atoms with van der Waals surface area (Å²) in [6.07, 6.45) is 3.78. The van der Waals surface area contributed by atoms with Crippen LogP contribution in [-0.4, -0.2) is 33.4 Å². The molecule has 1 aromatic heterocycles. The van der Waals surface area contributed by atoms with Gasteiger partial charge in [-0.15, -0.1) is 0 Å². The Morgan fingerprint density at radius 2 is 2.22 bits per heavy atom. The summed E-state index contributed by atoms with van der Waals surface area (Å²) in [6, 6.07) is -0.314.